The third-order valence-electron chi connectivity index (χ3n) is 2.26. The fourth-order valence-corrected chi connectivity index (χ4v) is 2.66. The highest BCUT2D eigenvalue weighted by atomic mass is 79.9. The van der Waals surface area contributed by atoms with Crippen molar-refractivity contribution in [3.05, 3.63) is 35.4 Å². The summed E-state index contributed by atoms with van der Waals surface area (Å²) in [4.78, 5) is 0. The number of hydrogen-bond acceptors (Lipinski definition) is 1. The maximum absolute atomic E-state index is 5.71. The molecule has 0 amide bonds. The second-order valence-corrected chi connectivity index (χ2v) is 4.71. The van der Waals surface area contributed by atoms with Gasteiger partial charge in [0.15, 0.2) is 0 Å². The van der Waals surface area contributed by atoms with Gasteiger partial charge in [-0.15, -0.1) is 0 Å². The zero-order valence-electron chi connectivity index (χ0n) is 8.88. The molecule has 0 atom stereocenters. The summed E-state index contributed by atoms with van der Waals surface area (Å²) in [6, 6.07) is 8.60. The topological polar surface area (TPSA) is 9.23 Å². The van der Waals surface area contributed by atoms with Gasteiger partial charge < -0.3 is 4.74 Å². The van der Waals surface area contributed by atoms with Gasteiger partial charge in [0.1, 0.15) is 0 Å². The molecule has 3 heteroatoms. The molecule has 0 N–H and O–H groups in total. The fourth-order valence-electron chi connectivity index (χ4n) is 1.22. The molecule has 0 aliphatic carbocycles. The van der Waals surface area contributed by atoms with E-state index in [1.807, 2.05) is 0 Å². The highest BCUT2D eigenvalue weighted by molar-refractivity contribution is 9.09. The molecule has 0 saturated carbocycles. The third-order valence-corrected chi connectivity index (χ3v) is 3.71. The van der Waals surface area contributed by atoms with E-state index in [9.17, 15) is 0 Å². The molecule has 1 rings (SSSR count). The lowest BCUT2D eigenvalue weighted by Crippen LogP contribution is -2.15. The summed E-state index contributed by atoms with van der Waals surface area (Å²) in [6.45, 7) is 2.85. The first kappa shape index (κ1) is 13.2. The van der Waals surface area contributed by atoms with Gasteiger partial charge in [-0.1, -0.05) is 63.0 Å². The van der Waals surface area contributed by atoms with Crippen LogP contribution in [0.2, 0.25) is 0 Å². The smallest absolute Gasteiger partial charge is 0.0773 e. The van der Waals surface area contributed by atoms with Crippen molar-refractivity contribution in [1.29, 1.82) is 0 Å². The molecule has 0 bridgehead atoms. The maximum Gasteiger partial charge on any atom is 0.0773 e. The zero-order valence-corrected chi connectivity index (χ0v) is 12.1. The van der Waals surface area contributed by atoms with Crippen LogP contribution in [0.1, 0.15) is 18.1 Å². The summed E-state index contributed by atoms with van der Waals surface area (Å²) in [5.41, 5.74) is 2.61. The summed E-state index contributed by atoms with van der Waals surface area (Å²) < 4.78 is 5.71. The quantitative estimate of drug-likeness (QED) is 0.716. The van der Waals surface area contributed by atoms with Crippen molar-refractivity contribution in [2.45, 2.75) is 26.1 Å². The van der Waals surface area contributed by atoms with Crippen LogP contribution < -0.4 is 0 Å². The van der Waals surface area contributed by atoms with Crippen LogP contribution in [0, 0.1) is 0 Å². The van der Waals surface area contributed by atoms with E-state index >= 15 is 0 Å². The predicted octanol–water partition coefficient (Wildman–Crippen LogP) is 3.92. The average molecular weight is 336 g/mol. The Morgan fingerprint density at radius 2 is 1.60 bits per heavy atom. The molecule has 0 aromatic heterocycles. The number of halogens is 2. The molecule has 0 unspecified atom stereocenters. The predicted molar refractivity (Wildman–Crippen MR) is 72.0 cm³/mol. The highest BCUT2D eigenvalue weighted by Gasteiger charge is 2.04. The van der Waals surface area contributed by atoms with Crippen molar-refractivity contribution in [2.75, 3.05) is 10.7 Å². The summed E-state index contributed by atoms with van der Waals surface area (Å²) in [5, 5.41) is 1.73. The van der Waals surface area contributed by atoms with E-state index in [0.29, 0.717) is 6.61 Å². The molecule has 0 saturated heterocycles. The Morgan fingerprint density at radius 3 is 2.07 bits per heavy atom. The normalized spacial score (nSPS) is 10.9. The van der Waals surface area contributed by atoms with Crippen LogP contribution in [-0.4, -0.2) is 16.8 Å². The highest BCUT2D eigenvalue weighted by Crippen LogP contribution is 2.09. The van der Waals surface area contributed by atoms with Crippen molar-refractivity contribution >= 4 is 31.9 Å². The summed E-state index contributed by atoms with van der Waals surface area (Å²) in [5.74, 6) is 0. The van der Waals surface area contributed by atoms with Crippen LogP contribution in [0.15, 0.2) is 24.3 Å². The van der Waals surface area contributed by atoms with Gasteiger partial charge in [0.2, 0.25) is 0 Å². The molecule has 1 nitrogen and oxygen atoms in total. The Hall–Kier alpha value is 0.140. The van der Waals surface area contributed by atoms with Crippen molar-refractivity contribution in [3.8, 4) is 0 Å². The van der Waals surface area contributed by atoms with Gasteiger partial charge in [-0.2, -0.15) is 0 Å². The molecular formula is C12H16Br2O. The first-order valence-corrected chi connectivity index (χ1v) is 7.35. The van der Waals surface area contributed by atoms with Crippen LogP contribution >= 0.6 is 31.9 Å². The number of hydrogen-bond donors (Lipinski definition) is 0. The number of rotatable bonds is 6. The first-order chi connectivity index (χ1) is 7.30. The molecule has 15 heavy (non-hydrogen) atoms. The first-order valence-electron chi connectivity index (χ1n) is 5.11. The van der Waals surface area contributed by atoms with Gasteiger partial charge in [0, 0.05) is 10.7 Å². The Labute approximate surface area is 108 Å². The van der Waals surface area contributed by atoms with Crippen LogP contribution in [0.5, 0.6) is 0 Å². The Morgan fingerprint density at radius 1 is 1.07 bits per heavy atom. The van der Waals surface area contributed by atoms with Gasteiger partial charge in [-0.05, 0) is 17.5 Å². The van der Waals surface area contributed by atoms with Crippen LogP contribution in [-0.2, 0) is 17.8 Å². The summed E-state index contributed by atoms with van der Waals surface area (Å²) in [7, 11) is 0. The lowest BCUT2D eigenvalue weighted by molar-refractivity contribution is 0.0733. The molecule has 0 fully saturated rings. The molecule has 84 valence electrons. The number of benzene rings is 1. The summed E-state index contributed by atoms with van der Waals surface area (Å²) in [6.07, 6.45) is 1.34. The minimum absolute atomic E-state index is 0.246. The Kier molecular flexibility index (Phi) is 6.53. The second-order valence-electron chi connectivity index (χ2n) is 3.41. The SMILES string of the molecule is CCc1ccc(COC(CBr)CBr)cc1. The van der Waals surface area contributed by atoms with Gasteiger partial charge >= 0.3 is 0 Å². The largest absolute Gasteiger partial charge is 0.372 e. The van der Waals surface area contributed by atoms with Gasteiger partial charge in [0.25, 0.3) is 0 Å². The van der Waals surface area contributed by atoms with Crippen molar-refractivity contribution in [2.24, 2.45) is 0 Å². The number of aryl methyl sites for hydroxylation is 1. The Balaban J connectivity index is 2.43. The molecular weight excluding hydrogens is 320 g/mol. The molecule has 0 aliphatic heterocycles. The van der Waals surface area contributed by atoms with Crippen LogP contribution in [0.25, 0.3) is 0 Å². The molecule has 1 aromatic carbocycles. The molecule has 0 heterocycles. The minimum atomic E-state index is 0.246. The van der Waals surface area contributed by atoms with Crippen molar-refractivity contribution < 1.29 is 4.74 Å². The van der Waals surface area contributed by atoms with Crippen LogP contribution in [0.3, 0.4) is 0 Å². The lowest BCUT2D eigenvalue weighted by atomic mass is 10.1. The maximum atomic E-state index is 5.71. The van der Waals surface area contributed by atoms with Gasteiger partial charge in [-0.3, -0.25) is 0 Å². The third kappa shape index (κ3) is 4.66. The number of alkyl halides is 2. The van der Waals surface area contributed by atoms with Crippen LogP contribution in [0.4, 0.5) is 0 Å². The second kappa shape index (κ2) is 7.42. The average Bonchev–Trinajstić information content (AvgIpc) is 2.31. The van der Waals surface area contributed by atoms with Crippen molar-refractivity contribution in [3.63, 3.8) is 0 Å². The van der Waals surface area contributed by atoms with E-state index in [1.54, 1.807) is 0 Å². The van der Waals surface area contributed by atoms with Gasteiger partial charge in [-0.25, -0.2) is 0 Å². The molecule has 1 aromatic rings. The van der Waals surface area contributed by atoms with E-state index in [4.69, 9.17) is 4.74 Å². The van der Waals surface area contributed by atoms with E-state index in [-0.39, 0.29) is 6.10 Å². The fraction of sp³-hybridized carbons (Fsp3) is 0.500. The van der Waals surface area contributed by atoms with E-state index in [2.05, 4.69) is 63.0 Å². The minimum Gasteiger partial charge on any atom is -0.372 e. The molecule has 0 spiro atoms. The monoisotopic (exact) mass is 334 g/mol. The van der Waals surface area contributed by atoms with E-state index in [1.165, 1.54) is 11.1 Å². The lowest BCUT2D eigenvalue weighted by Gasteiger charge is -2.12. The Bertz CT molecular complexity index is 267. The zero-order chi connectivity index (χ0) is 11.1. The van der Waals surface area contributed by atoms with E-state index in [0.717, 1.165) is 17.1 Å². The molecule has 0 aliphatic rings. The molecule has 0 radical (unpaired) electrons. The standard InChI is InChI=1S/C12H16Br2O/c1-2-10-3-5-11(6-4-10)9-15-12(7-13)8-14/h3-6,12H,2,7-9H2,1H3. The summed E-state index contributed by atoms with van der Waals surface area (Å²) >= 11 is 6.83. The number of ether oxygens (including phenoxy) is 1. The van der Waals surface area contributed by atoms with Gasteiger partial charge in [0.05, 0.1) is 12.7 Å². The van der Waals surface area contributed by atoms with Crippen molar-refractivity contribution in [1.82, 2.24) is 0 Å². The van der Waals surface area contributed by atoms with E-state index < -0.39 is 0 Å².